The van der Waals surface area contributed by atoms with Gasteiger partial charge in [-0.25, -0.2) is 15.0 Å². The van der Waals surface area contributed by atoms with Crippen LogP contribution in [-0.2, 0) is 6.54 Å². The van der Waals surface area contributed by atoms with Gasteiger partial charge >= 0.3 is 0 Å². The summed E-state index contributed by atoms with van der Waals surface area (Å²) in [6.45, 7) is 3.28. The highest BCUT2D eigenvalue weighted by molar-refractivity contribution is 14.0. The molecule has 1 amide bonds. The first-order valence-electron chi connectivity index (χ1n) is 7.59. The Bertz CT molecular complexity index is 726. The lowest BCUT2D eigenvalue weighted by Gasteiger charge is -2.35. The number of primary amides is 1. The summed E-state index contributed by atoms with van der Waals surface area (Å²) < 4.78 is 5.28. The Hall–Kier alpha value is -2.37. The van der Waals surface area contributed by atoms with E-state index in [4.69, 9.17) is 15.9 Å². The summed E-state index contributed by atoms with van der Waals surface area (Å²) in [5.74, 6) is 1.23. The van der Waals surface area contributed by atoms with E-state index in [1.54, 1.807) is 24.5 Å². The number of hydrogen-bond acceptors (Lipinski definition) is 6. The molecule has 0 aliphatic carbocycles. The van der Waals surface area contributed by atoms with Crippen LogP contribution in [0.4, 0.5) is 5.95 Å². The number of carbonyl (C=O) groups excluding carboxylic acids is 1. The van der Waals surface area contributed by atoms with Crippen molar-refractivity contribution in [3.8, 4) is 0 Å². The molecule has 0 saturated carbocycles. The van der Waals surface area contributed by atoms with Crippen molar-refractivity contribution in [2.24, 2.45) is 16.5 Å². The zero-order valence-corrected chi connectivity index (χ0v) is 15.9. The molecule has 1 aliphatic heterocycles. The number of furan rings is 1. The molecule has 0 atom stereocenters. The Kier molecular flexibility index (Phi) is 6.56. The molecule has 4 N–H and O–H groups in total. The molecule has 3 heterocycles. The number of guanidine groups is 1. The first-order chi connectivity index (χ1) is 11.6. The first-order valence-corrected chi connectivity index (χ1v) is 7.59. The fourth-order valence-corrected chi connectivity index (χ4v) is 2.44. The third kappa shape index (κ3) is 4.81. The van der Waals surface area contributed by atoms with Crippen LogP contribution < -0.4 is 16.4 Å². The van der Waals surface area contributed by atoms with Crippen LogP contribution in [0.1, 0.15) is 16.3 Å². The highest BCUT2D eigenvalue weighted by Crippen LogP contribution is 2.11. The van der Waals surface area contributed by atoms with Gasteiger partial charge in [0.25, 0.3) is 5.91 Å². The molecule has 1 aliphatic rings. The van der Waals surface area contributed by atoms with Gasteiger partial charge in [0.15, 0.2) is 11.7 Å². The molecule has 2 aromatic heterocycles. The van der Waals surface area contributed by atoms with E-state index in [0.717, 1.165) is 32.1 Å². The second kappa shape index (κ2) is 8.65. The first kappa shape index (κ1) is 19.0. The van der Waals surface area contributed by atoms with Gasteiger partial charge < -0.3 is 25.7 Å². The van der Waals surface area contributed by atoms with Crippen LogP contribution >= 0.6 is 24.0 Å². The summed E-state index contributed by atoms with van der Waals surface area (Å²) in [5.41, 5.74) is 11.2. The zero-order chi connectivity index (χ0) is 16.9. The minimum absolute atomic E-state index is 0. The molecule has 10 heteroatoms. The number of nitrogens with zero attached hydrogens (tertiary/aromatic N) is 5. The lowest BCUT2D eigenvalue weighted by Crippen LogP contribution is -2.51. The molecular formula is C15H20IN7O2. The lowest BCUT2D eigenvalue weighted by atomic mass is 10.3. The van der Waals surface area contributed by atoms with Crippen LogP contribution in [-0.4, -0.2) is 52.9 Å². The number of aromatic nitrogens is 2. The predicted octanol–water partition coefficient (Wildman–Crippen LogP) is 0.423. The van der Waals surface area contributed by atoms with Gasteiger partial charge in [0, 0.05) is 38.6 Å². The van der Waals surface area contributed by atoms with Crippen molar-refractivity contribution in [1.82, 2.24) is 14.9 Å². The maximum Gasteiger partial charge on any atom is 0.284 e. The number of carbonyl (C=O) groups is 1. The number of piperazine rings is 1. The highest BCUT2D eigenvalue weighted by Gasteiger charge is 2.20. The molecule has 134 valence electrons. The molecule has 0 radical (unpaired) electrons. The number of anilines is 1. The molecule has 0 bridgehead atoms. The molecule has 0 unspecified atom stereocenters. The zero-order valence-electron chi connectivity index (χ0n) is 13.5. The molecule has 25 heavy (non-hydrogen) atoms. The van der Waals surface area contributed by atoms with E-state index in [9.17, 15) is 4.79 Å². The number of halogens is 1. The molecule has 1 fully saturated rings. The van der Waals surface area contributed by atoms with Crippen molar-refractivity contribution >= 4 is 41.8 Å². The van der Waals surface area contributed by atoms with Crippen LogP contribution in [0.15, 0.2) is 40.0 Å². The van der Waals surface area contributed by atoms with Gasteiger partial charge in [-0.2, -0.15) is 0 Å². The standard InChI is InChI=1S/C15H19N7O2.HI/c16-13(23)12-3-2-11(24-12)10-20-14(17)21-6-8-22(9-7-21)15-18-4-1-5-19-15;/h1-5H,6-10H2,(H2,16,23)(H2,17,20);1H. The molecule has 3 rings (SSSR count). The van der Waals surface area contributed by atoms with E-state index < -0.39 is 5.91 Å². The SMILES string of the molecule is I.NC(=O)c1ccc(CN=C(N)N2CCN(c3ncccn3)CC2)o1. The molecule has 2 aromatic rings. The number of rotatable bonds is 4. The third-order valence-corrected chi connectivity index (χ3v) is 3.74. The van der Waals surface area contributed by atoms with Crippen LogP contribution in [0.5, 0.6) is 0 Å². The van der Waals surface area contributed by atoms with Gasteiger partial charge in [0.2, 0.25) is 5.95 Å². The fourth-order valence-electron chi connectivity index (χ4n) is 2.44. The Balaban J connectivity index is 0.00000225. The van der Waals surface area contributed by atoms with E-state index >= 15 is 0 Å². The van der Waals surface area contributed by atoms with Gasteiger partial charge in [0.1, 0.15) is 12.3 Å². The maximum absolute atomic E-state index is 11.0. The Morgan fingerprint density at radius 1 is 1.16 bits per heavy atom. The van der Waals surface area contributed by atoms with Crippen molar-refractivity contribution in [2.45, 2.75) is 6.54 Å². The van der Waals surface area contributed by atoms with Gasteiger partial charge in [-0.15, -0.1) is 24.0 Å². The van der Waals surface area contributed by atoms with Crippen molar-refractivity contribution in [3.05, 3.63) is 42.1 Å². The van der Waals surface area contributed by atoms with E-state index in [2.05, 4.69) is 19.9 Å². The predicted molar refractivity (Wildman–Crippen MR) is 104 cm³/mol. The van der Waals surface area contributed by atoms with Crippen molar-refractivity contribution < 1.29 is 9.21 Å². The molecule has 0 spiro atoms. The summed E-state index contributed by atoms with van der Waals surface area (Å²) in [7, 11) is 0. The monoisotopic (exact) mass is 457 g/mol. The smallest absolute Gasteiger partial charge is 0.284 e. The number of amides is 1. The van der Waals surface area contributed by atoms with E-state index in [0.29, 0.717) is 11.7 Å². The quantitative estimate of drug-likeness (QED) is 0.387. The second-order valence-corrected chi connectivity index (χ2v) is 5.33. The van der Waals surface area contributed by atoms with E-state index in [1.807, 2.05) is 4.90 Å². The van der Waals surface area contributed by atoms with Crippen LogP contribution in [0.25, 0.3) is 0 Å². The molecule has 0 aromatic carbocycles. The van der Waals surface area contributed by atoms with Gasteiger partial charge in [-0.3, -0.25) is 4.79 Å². The van der Waals surface area contributed by atoms with Crippen LogP contribution in [0, 0.1) is 0 Å². The van der Waals surface area contributed by atoms with Crippen LogP contribution in [0.2, 0.25) is 0 Å². The van der Waals surface area contributed by atoms with Gasteiger partial charge in [-0.1, -0.05) is 0 Å². The van der Waals surface area contributed by atoms with Crippen molar-refractivity contribution in [2.75, 3.05) is 31.1 Å². The second-order valence-electron chi connectivity index (χ2n) is 5.33. The molecular weight excluding hydrogens is 437 g/mol. The number of aliphatic imine (C=N–C) groups is 1. The number of hydrogen-bond donors (Lipinski definition) is 2. The summed E-state index contributed by atoms with van der Waals surface area (Å²) in [6, 6.07) is 4.99. The summed E-state index contributed by atoms with van der Waals surface area (Å²) >= 11 is 0. The van der Waals surface area contributed by atoms with Crippen LogP contribution in [0.3, 0.4) is 0 Å². The minimum Gasteiger partial charge on any atom is -0.454 e. The summed E-state index contributed by atoms with van der Waals surface area (Å²) in [6.07, 6.45) is 3.46. The Labute approximate surface area is 162 Å². The summed E-state index contributed by atoms with van der Waals surface area (Å²) in [5, 5.41) is 0. The average Bonchev–Trinajstić information content (AvgIpc) is 3.10. The topological polar surface area (TPSA) is 127 Å². The number of nitrogens with two attached hydrogens (primary N) is 2. The normalized spacial score (nSPS) is 15.0. The van der Waals surface area contributed by atoms with Crippen molar-refractivity contribution in [3.63, 3.8) is 0 Å². The van der Waals surface area contributed by atoms with Gasteiger partial charge in [-0.05, 0) is 18.2 Å². The maximum atomic E-state index is 11.0. The highest BCUT2D eigenvalue weighted by atomic mass is 127. The van der Waals surface area contributed by atoms with Gasteiger partial charge in [0.05, 0.1) is 0 Å². The summed E-state index contributed by atoms with van der Waals surface area (Å²) in [4.78, 5) is 27.9. The van der Waals surface area contributed by atoms with E-state index in [-0.39, 0.29) is 36.3 Å². The Morgan fingerprint density at radius 2 is 1.84 bits per heavy atom. The average molecular weight is 457 g/mol. The van der Waals surface area contributed by atoms with Crippen molar-refractivity contribution in [1.29, 1.82) is 0 Å². The largest absolute Gasteiger partial charge is 0.454 e. The fraction of sp³-hybridized carbons (Fsp3) is 0.333. The lowest BCUT2D eigenvalue weighted by molar-refractivity contribution is 0.0972. The van der Waals surface area contributed by atoms with E-state index in [1.165, 1.54) is 6.07 Å². The Morgan fingerprint density at radius 3 is 2.44 bits per heavy atom. The minimum atomic E-state index is -0.600. The molecule has 9 nitrogen and oxygen atoms in total. The molecule has 1 saturated heterocycles. The third-order valence-electron chi connectivity index (χ3n) is 3.74.